The van der Waals surface area contributed by atoms with Crippen molar-refractivity contribution in [1.82, 2.24) is 0 Å². The molecule has 0 saturated carbocycles. The molecule has 2 aliphatic rings. The van der Waals surface area contributed by atoms with Crippen molar-refractivity contribution < 1.29 is 19.1 Å². The molecule has 1 fully saturated rings. The van der Waals surface area contributed by atoms with Gasteiger partial charge in [-0.2, -0.15) is 5.26 Å². The third-order valence-corrected chi connectivity index (χ3v) is 5.22. The molecule has 2 aliphatic heterocycles. The summed E-state index contributed by atoms with van der Waals surface area (Å²) >= 11 is 3.40. The van der Waals surface area contributed by atoms with Gasteiger partial charge >= 0.3 is 12.1 Å². The first-order chi connectivity index (χ1) is 11.9. The van der Waals surface area contributed by atoms with Crippen LogP contribution in [0.15, 0.2) is 34.3 Å². The maximum Gasteiger partial charge on any atom is 0.417 e. The van der Waals surface area contributed by atoms with Gasteiger partial charge in [0.25, 0.3) is 0 Å². The van der Waals surface area contributed by atoms with E-state index in [1.54, 1.807) is 6.07 Å². The smallest absolute Gasteiger partial charge is 0.417 e. The Morgan fingerprint density at radius 1 is 1.52 bits per heavy atom. The summed E-state index contributed by atoms with van der Waals surface area (Å²) in [6.07, 6.45) is 0.838. The van der Waals surface area contributed by atoms with Crippen LogP contribution in [-0.2, 0) is 19.7 Å². The van der Waals surface area contributed by atoms with Crippen LogP contribution in [0.2, 0.25) is 0 Å². The highest BCUT2D eigenvalue weighted by atomic mass is 79.9. The van der Waals surface area contributed by atoms with Crippen LogP contribution in [0.3, 0.4) is 0 Å². The van der Waals surface area contributed by atoms with Crippen LogP contribution in [0, 0.1) is 17.2 Å². The number of nitriles is 1. The van der Waals surface area contributed by atoms with E-state index in [-0.39, 0.29) is 0 Å². The number of carbonyl (C=O) groups is 2. The summed E-state index contributed by atoms with van der Waals surface area (Å²) < 4.78 is 11.2. The van der Waals surface area contributed by atoms with E-state index in [1.807, 2.05) is 32.1 Å². The Kier molecular flexibility index (Phi) is 4.33. The summed E-state index contributed by atoms with van der Waals surface area (Å²) in [6, 6.07) is 7.53. The molecule has 0 aromatic heterocycles. The molecule has 3 atom stereocenters. The van der Waals surface area contributed by atoms with E-state index in [0.29, 0.717) is 12.1 Å². The van der Waals surface area contributed by atoms with Gasteiger partial charge in [0.05, 0.1) is 24.3 Å². The zero-order valence-electron chi connectivity index (χ0n) is 14.1. The van der Waals surface area contributed by atoms with Crippen molar-refractivity contribution in [1.29, 1.82) is 5.26 Å². The molecule has 6 nitrogen and oxygen atoms in total. The van der Waals surface area contributed by atoms with Gasteiger partial charge in [-0.25, -0.2) is 9.69 Å². The van der Waals surface area contributed by atoms with E-state index in [4.69, 9.17) is 9.47 Å². The Morgan fingerprint density at radius 3 is 2.84 bits per heavy atom. The number of methoxy groups -OCH3 is 1. The molecule has 2 heterocycles. The van der Waals surface area contributed by atoms with E-state index in [0.717, 1.165) is 15.6 Å². The first-order valence-electron chi connectivity index (χ1n) is 7.77. The minimum absolute atomic E-state index is 0.409. The van der Waals surface area contributed by atoms with Gasteiger partial charge in [0.1, 0.15) is 0 Å². The molecular formula is C18H17BrN2O4. The van der Waals surface area contributed by atoms with E-state index >= 15 is 0 Å². The number of hydrogen-bond acceptors (Lipinski definition) is 5. The van der Waals surface area contributed by atoms with Crippen molar-refractivity contribution >= 4 is 33.7 Å². The van der Waals surface area contributed by atoms with Gasteiger partial charge in [0, 0.05) is 4.47 Å². The fraction of sp³-hybridized carbons (Fsp3) is 0.389. The van der Waals surface area contributed by atoms with E-state index in [1.165, 1.54) is 12.0 Å². The zero-order chi connectivity index (χ0) is 18.4. The molecule has 1 aromatic rings. The van der Waals surface area contributed by atoms with Gasteiger partial charge in [-0.3, -0.25) is 4.79 Å². The number of esters is 1. The number of anilines is 1. The van der Waals surface area contributed by atoms with Crippen molar-refractivity contribution in [2.75, 3.05) is 12.0 Å². The minimum Gasteiger partial charge on any atom is -0.452 e. The van der Waals surface area contributed by atoms with Crippen LogP contribution in [0.5, 0.6) is 0 Å². The zero-order valence-corrected chi connectivity index (χ0v) is 15.7. The van der Waals surface area contributed by atoms with Crippen molar-refractivity contribution in [3.05, 3.63) is 39.9 Å². The number of halogens is 1. The summed E-state index contributed by atoms with van der Waals surface area (Å²) in [5.41, 5.74) is 1.43. The Balaban J connectivity index is 2.28. The van der Waals surface area contributed by atoms with Gasteiger partial charge in [0.2, 0.25) is 0 Å². The van der Waals surface area contributed by atoms with Gasteiger partial charge in [0.15, 0.2) is 12.1 Å². The molecule has 0 spiro atoms. The molecule has 1 saturated heterocycles. The number of amides is 1. The summed E-state index contributed by atoms with van der Waals surface area (Å²) in [6.45, 7) is 3.89. The summed E-state index contributed by atoms with van der Waals surface area (Å²) in [5, 5.41) is 9.66. The van der Waals surface area contributed by atoms with Gasteiger partial charge in [-0.1, -0.05) is 33.6 Å². The molecule has 7 heteroatoms. The fourth-order valence-electron chi connectivity index (χ4n) is 3.59. The van der Waals surface area contributed by atoms with Gasteiger partial charge < -0.3 is 9.47 Å². The first kappa shape index (κ1) is 17.5. The predicted octanol–water partition coefficient (Wildman–Crippen LogP) is 3.65. The van der Waals surface area contributed by atoms with E-state index < -0.39 is 29.6 Å². The lowest BCUT2D eigenvalue weighted by molar-refractivity contribution is -0.142. The number of benzene rings is 1. The normalized spacial score (nSPS) is 26.4. The number of allylic oxidation sites excluding steroid dienone is 2. The molecule has 0 aliphatic carbocycles. The molecule has 0 radical (unpaired) electrons. The third kappa shape index (κ3) is 2.44. The molecule has 0 bridgehead atoms. The lowest BCUT2D eigenvalue weighted by atomic mass is 9.70. The van der Waals surface area contributed by atoms with Crippen LogP contribution >= 0.6 is 15.9 Å². The van der Waals surface area contributed by atoms with E-state index in [9.17, 15) is 14.9 Å². The van der Waals surface area contributed by atoms with Crippen LogP contribution in [0.1, 0.15) is 25.8 Å². The van der Waals surface area contributed by atoms with Crippen molar-refractivity contribution in [2.45, 2.75) is 31.9 Å². The van der Waals surface area contributed by atoms with Gasteiger partial charge in [-0.15, -0.1) is 0 Å². The van der Waals surface area contributed by atoms with Crippen LogP contribution in [-0.4, -0.2) is 25.4 Å². The average Bonchev–Trinajstić information content (AvgIpc) is 2.99. The van der Waals surface area contributed by atoms with Crippen molar-refractivity contribution in [3.8, 4) is 6.07 Å². The average molecular weight is 405 g/mol. The number of hydrogen-bond donors (Lipinski definition) is 0. The largest absolute Gasteiger partial charge is 0.452 e. The van der Waals surface area contributed by atoms with Crippen LogP contribution in [0.4, 0.5) is 10.5 Å². The lowest BCUT2D eigenvalue weighted by Gasteiger charge is -2.30. The Morgan fingerprint density at radius 2 is 2.24 bits per heavy atom. The highest BCUT2D eigenvalue weighted by molar-refractivity contribution is 9.10. The summed E-state index contributed by atoms with van der Waals surface area (Å²) in [5.74, 6) is -1.61. The van der Waals surface area contributed by atoms with Crippen molar-refractivity contribution in [3.63, 3.8) is 0 Å². The minimum atomic E-state index is -0.998. The number of carbonyl (C=O) groups excluding carboxylic acids is 2. The number of rotatable bonds is 2. The topological polar surface area (TPSA) is 79.6 Å². The molecule has 25 heavy (non-hydrogen) atoms. The first-order valence-corrected chi connectivity index (χ1v) is 8.56. The summed E-state index contributed by atoms with van der Waals surface area (Å²) in [7, 11) is 1.27. The molecule has 1 aromatic carbocycles. The maximum absolute atomic E-state index is 12.4. The SMILES string of the molecule is COC(=O)N1c2cc(Br)ccc2[C@@]2(CC=C(C)C)[C@H](C#N)C(=O)O[C@@H]12. The number of nitrogens with zero attached hydrogens (tertiary/aromatic N) is 2. The highest BCUT2D eigenvalue weighted by Gasteiger charge is 2.66. The Labute approximate surface area is 154 Å². The van der Waals surface area contributed by atoms with Crippen LogP contribution < -0.4 is 4.90 Å². The molecule has 3 rings (SSSR count). The standard InChI is InChI=1S/C18H17BrN2O4/c1-10(2)6-7-18-12-5-4-11(19)8-14(12)21(17(23)24-3)16(18)25-15(22)13(18)9-20/h4-6,8,13,16H,7H2,1-3H3/t13-,16-,18+/m1/s1. The second kappa shape index (κ2) is 6.19. The fourth-order valence-corrected chi connectivity index (χ4v) is 3.94. The van der Waals surface area contributed by atoms with Crippen molar-refractivity contribution in [2.24, 2.45) is 5.92 Å². The molecule has 1 amide bonds. The second-order valence-electron chi connectivity index (χ2n) is 6.38. The molecule has 130 valence electrons. The molecular weight excluding hydrogens is 388 g/mol. The Hall–Kier alpha value is -2.33. The number of ether oxygens (including phenoxy) is 2. The number of fused-ring (bicyclic) bond motifs is 3. The van der Waals surface area contributed by atoms with Crippen LogP contribution in [0.25, 0.3) is 0 Å². The van der Waals surface area contributed by atoms with Gasteiger partial charge in [-0.05, 0) is 38.0 Å². The maximum atomic E-state index is 12.4. The highest BCUT2D eigenvalue weighted by Crippen LogP contribution is 2.56. The molecule has 0 unspecified atom stereocenters. The molecule has 0 N–H and O–H groups in total. The monoisotopic (exact) mass is 404 g/mol. The lowest BCUT2D eigenvalue weighted by Crippen LogP contribution is -2.47. The Bertz CT molecular complexity index is 825. The van der Waals surface area contributed by atoms with E-state index in [2.05, 4.69) is 22.0 Å². The predicted molar refractivity (Wildman–Crippen MR) is 93.7 cm³/mol. The quantitative estimate of drug-likeness (QED) is 0.554. The summed E-state index contributed by atoms with van der Waals surface area (Å²) in [4.78, 5) is 26.1. The second-order valence-corrected chi connectivity index (χ2v) is 7.29. The third-order valence-electron chi connectivity index (χ3n) is 4.72.